The first-order chi connectivity index (χ1) is 8.65. The number of hydrogen-bond acceptors (Lipinski definition) is 2. The average Bonchev–Trinajstić information content (AvgIpc) is 2.81. The molecular weight excluding hydrogens is 238 g/mol. The van der Waals surface area contributed by atoms with Crippen molar-refractivity contribution in [2.24, 2.45) is 0 Å². The van der Waals surface area contributed by atoms with Gasteiger partial charge in [-0.05, 0) is 42.5 Å². The Bertz CT molecular complexity index is 423. The van der Waals surface area contributed by atoms with Crippen LogP contribution in [0.15, 0.2) is 35.2 Å². The molecule has 1 aromatic carbocycles. The summed E-state index contributed by atoms with van der Waals surface area (Å²) in [6.07, 6.45) is 3.86. The normalized spacial score (nSPS) is 13.9. The van der Waals surface area contributed by atoms with Crippen LogP contribution < -0.4 is 5.32 Å². The summed E-state index contributed by atoms with van der Waals surface area (Å²) in [5, 5.41) is 3.41. The lowest BCUT2D eigenvalue weighted by Crippen LogP contribution is -2.25. The molecule has 98 valence electrons. The number of aryl methyl sites for hydroxylation is 2. The van der Waals surface area contributed by atoms with Gasteiger partial charge in [-0.3, -0.25) is 0 Å². The predicted molar refractivity (Wildman–Crippen MR) is 81.5 cm³/mol. The van der Waals surface area contributed by atoms with Crippen molar-refractivity contribution < 1.29 is 0 Å². The molecule has 0 saturated heterocycles. The molecule has 0 radical (unpaired) electrons. The van der Waals surface area contributed by atoms with Gasteiger partial charge in [0.1, 0.15) is 0 Å². The van der Waals surface area contributed by atoms with Gasteiger partial charge in [-0.25, -0.2) is 0 Å². The molecule has 1 aliphatic carbocycles. The summed E-state index contributed by atoms with van der Waals surface area (Å²) in [7, 11) is 0. The van der Waals surface area contributed by atoms with Gasteiger partial charge in [0.15, 0.2) is 0 Å². The Morgan fingerprint density at radius 2 is 2.11 bits per heavy atom. The highest BCUT2D eigenvalue weighted by molar-refractivity contribution is 7.99. The van der Waals surface area contributed by atoms with E-state index in [0.29, 0.717) is 6.04 Å². The molecule has 1 N–H and O–H groups in total. The summed E-state index contributed by atoms with van der Waals surface area (Å²) in [4.78, 5) is 1.39. The van der Waals surface area contributed by atoms with E-state index in [9.17, 15) is 0 Å². The highest BCUT2D eigenvalue weighted by atomic mass is 32.2. The average molecular weight is 261 g/mol. The molecule has 2 rings (SSSR count). The van der Waals surface area contributed by atoms with Crippen molar-refractivity contribution in [3.05, 3.63) is 41.5 Å². The topological polar surface area (TPSA) is 12.0 Å². The fourth-order valence-corrected chi connectivity index (χ4v) is 3.09. The van der Waals surface area contributed by atoms with Crippen LogP contribution in [0.1, 0.15) is 31.4 Å². The highest BCUT2D eigenvalue weighted by Crippen LogP contribution is 2.28. The van der Waals surface area contributed by atoms with Crippen molar-refractivity contribution in [3.8, 4) is 0 Å². The standard InChI is InChI=1S/C16H23NS/c1-12(2)17-10-13(3)11-18-16-8-7-14-5-4-6-15(14)9-16/h7-9,12,17H,3-6,10-11H2,1-2H3. The van der Waals surface area contributed by atoms with Gasteiger partial charge in [-0.1, -0.05) is 32.1 Å². The lowest BCUT2D eigenvalue weighted by molar-refractivity contribution is 0.623. The zero-order valence-electron chi connectivity index (χ0n) is 11.5. The number of rotatable bonds is 6. The molecule has 0 amide bonds. The van der Waals surface area contributed by atoms with E-state index < -0.39 is 0 Å². The van der Waals surface area contributed by atoms with E-state index in [1.165, 1.54) is 29.7 Å². The highest BCUT2D eigenvalue weighted by Gasteiger charge is 2.10. The molecule has 18 heavy (non-hydrogen) atoms. The van der Waals surface area contributed by atoms with E-state index in [1.807, 2.05) is 11.8 Å². The molecule has 0 spiro atoms. The van der Waals surface area contributed by atoms with Gasteiger partial charge in [0, 0.05) is 23.2 Å². The summed E-state index contributed by atoms with van der Waals surface area (Å²) in [6.45, 7) is 9.39. The van der Waals surface area contributed by atoms with Crippen LogP contribution in [0.2, 0.25) is 0 Å². The lowest BCUT2D eigenvalue weighted by Gasteiger charge is -2.10. The zero-order chi connectivity index (χ0) is 13.0. The van der Waals surface area contributed by atoms with Crippen molar-refractivity contribution in [1.29, 1.82) is 0 Å². The van der Waals surface area contributed by atoms with E-state index >= 15 is 0 Å². The first-order valence-electron chi connectivity index (χ1n) is 6.80. The van der Waals surface area contributed by atoms with E-state index in [0.717, 1.165) is 12.3 Å². The van der Waals surface area contributed by atoms with Crippen LogP contribution in [-0.2, 0) is 12.8 Å². The number of nitrogens with one attached hydrogen (secondary N) is 1. The Balaban J connectivity index is 1.81. The van der Waals surface area contributed by atoms with Crippen LogP contribution in [0.5, 0.6) is 0 Å². The number of benzene rings is 1. The maximum atomic E-state index is 4.13. The maximum Gasteiger partial charge on any atom is 0.0200 e. The molecule has 1 aromatic rings. The summed E-state index contributed by atoms with van der Waals surface area (Å²) in [6, 6.07) is 7.47. The molecule has 1 nitrogen and oxygen atoms in total. The van der Waals surface area contributed by atoms with Crippen LogP contribution in [0.4, 0.5) is 0 Å². The van der Waals surface area contributed by atoms with Gasteiger partial charge in [0.05, 0.1) is 0 Å². The largest absolute Gasteiger partial charge is 0.311 e. The summed E-state index contributed by atoms with van der Waals surface area (Å²) >= 11 is 1.91. The van der Waals surface area contributed by atoms with Gasteiger partial charge in [0.25, 0.3) is 0 Å². The Hall–Kier alpha value is -0.730. The minimum absolute atomic E-state index is 0.534. The SMILES string of the molecule is C=C(CNC(C)C)CSc1ccc2c(c1)CCC2. The molecule has 1 aliphatic rings. The second-order valence-corrected chi connectivity index (χ2v) is 6.41. The summed E-state index contributed by atoms with van der Waals surface area (Å²) in [5.74, 6) is 1.01. The molecule has 0 saturated carbocycles. The second kappa shape index (κ2) is 6.44. The van der Waals surface area contributed by atoms with Crippen molar-refractivity contribution in [2.45, 2.75) is 44.0 Å². The lowest BCUT2D eigenvalue weighted by atomic mass is 10.1. The van der Waals surface area contributed by atoms with Gasteiger partial charge in [0.2, 0.25) is 0 Å². The summed E-state index contributed by atoms with van der Waals surface area (Å²) < 4.78 is 0. The molecular formula is C16H23NS. The van der Waals surface area contributed by atoms with Gasteiger partial charge < -0.3 is 5.32 Å². The molecule has 0 aliphatic heterocycles. The quantitative estimate of drug-likeness (QED) is 0.617. The second-order valence-electron chi connectivity index (χ2n) is 5.36. The van der Waals surface area contributed by atoms with Gasteiger partial charge in [-0.15, -0.1) is 11.8 Å². The Kier molecular flexibility index (Phi) is 4.90. The fourth-order valence-electron chi connectivity index (χ4n) is 2.22. The number of hydrogen-bond donors (Lipinski definition) is 1. The molecule has 0 unspecified atom stereocenters. The fraction of sp³-hybridized carbons (Fsp3) is 0.500. The van der Waals surface area contributed by atoms with Crippen LogP contribution in [0.3, 0.4) is 0 Å². The Morgan fingerprint density at radius 3 is 2.89 bits per heavy atom. The van der Waals surface area contributed by atoms with E-state index in [4.69, 9.17) is 0 Å². The van der Waals surface area contributed by atoms with Crippen molar-refractivity contribution in [2.75, 3.05) is 12.3 Å². The van der Waals surface area contributed by atoms with Gasteiger partial charge in [-0.2, -0.15) is 0 Å². The molecule has 0 fully saturated rings. The first-order valence-corrected chi connectivity index (χ1v) is 7.78. The van der Waals surface area contributed by atoms with Gasteiger partial charge >= 0.3 is 0 Å². The molecule has 2 heteroatoms. The summed E-state index contributed by atoms with van der Waals surface area (Å²) in [5.41, 5.74) is 4.39. The predicted octanol–water partition coefficient (Wildman–Crippen LogP) is 3.82. The van der Waals surface area contributed by atoms with Crippen molar-refractivity contribution >= 4 is 11.8 Å². The molecule has 0 heterocycles. The van der Waals surface area contributed by atoms with E-state index in [-0.39, 0.29) is 0 Å². The first kappa shape index (κ1) is 13.7. The number of fused-ring (bicyclic) bond motifs is 1. The minimum atomic E-state index is 0.534. The van der Waals surface area contributed by atoms with Crippen LogP contribution in [0.25, 0.3) is 0 Å². The third-order valence-electron chi connectivity index (χ3n) is 3.27. The monoisotopic (exact) mass is 261 g/mol. The number of thioether (sulfide) groups is 1. The van der Waals surface area contributed by atoms with E-state index in [2.05, 4.69) is 43.9 Å². The van der Waals surface area contributed by atoms with Crippen molar-refractivity contribution in [3.63, 3.8) is 0 Å². The molecule has 0 bridgehead atoms. The third-order valence-corrected chi connectivity index (χ3v) is 4.41. The van der Waals surface area contributed by atoms with Crippen LogP contribution >= 0.6 is 11.8 Å². The third kappa shape index (κ3) is 3.89. The molecule has 0 aromatic heterocycles. The zero-order valence-corrected chi connectivity index (χ0v) is 12.3. The Morgan fingerprint density at radius 1 is 1.33 bits per heavy atom. The van der Waals surface area contributed by atoms with Crippen LogP contribution in [-0.4, -0.2) is 18.3 Å². The smallest absolute Gasteiger partial charge is 0.0200 e. The van der Waals surface area contributed by atoms with Crippen molar-refractivity contribution in [1.82, 2.24) is 5.32 Å². The Labute approximate surface area is 115 Å². The minimum Gasteiger partial charge on any atom is -0.311 e. The van der Waals surface area contributed by atoms with E-state index in [1.54, 1.807) is 11.1 Å². The molecule has 0 atom stereocenters. The maximum absolute atomic E-state index is 4.13. The van der Waals surface area contributed by atoms with Crippen LogP contribution in [0, 0.1) is 0 Å².